The minimum atomic E-state index is 0.943. The molecule has 1 aromatic rings. The summed E-state index contributed by atoms with van der Waals surface area (Å²) in [6.45, 7) is 5.23. The van der Waals surface area contributed by atoms with Gasteiger partial charge >= 0.3 is 0 Å². The zero-order valence-corrected chi connectivity index (χ0v) is 10.5. The monoisotopic (exact) mass is 227 g/mol. The zero-order valence-electron chi connectivity index (χ0n) is 9.70. The molecule has 0 saturated heterocycles. The lowest BCUT2D eigenvalue weighted by Gasteiger charge is -2.01. The van der Waals surface area contributed by atoms with E-state index in [1.54, 1.807) is 0 Å². The normalized spacial score (nSPS) is 10.8. The van der Waals surface area contributed by atoms with Crippen molar-refractivity contribution in [2.24, 2.45) is 0 Å². The van der Waals surface area contributed by atoms with Gasteiger partial charge in [0.05, 0.1) is 6.20 Å². The molecule has 3 nitrogen and oxygen atoms in total. The third kappa shape index (κ3) is 5.23. The molecule has 0 saturated carbocycles. The van der Waals surface area contributed by atoms with E-state index in [9.17, 15) is 0 Å². The molecule has 1 rings (SSSR count). The summed E-state index contributed by atoms with van der Waals surface area (Å²) in [6.07, 6.45) is 8.61. The fraction of sp³-hybridized carbons (Fsp3) is 0.727. The second-order valence-corrected chi connectivity index (χ2v) is 4.62. The molecular formula is C11H21N3S. The number of rotatable bonds is 8. The molecule has 0 atom stereocenters. The molecule has 1 aromatic heterocycles. The van der Waals surface area contributed by atoms with Gasteiger partial charge in [0.25, 0.3) is 0 Å². The van der Waals surface area contributed by atoms with Gasteiger partial charge in [0.15, 0.2) is 0 Å². The van der Waals surface area contributed by atoms with Gasteiger partial charge in [0.1, 0.15) is 0 Å². The van der Waals surface area contributed by atoms with Crippen molar-refractivity contribution in [3.63, 3.8) is 0 Å². The summed E-state index contributed by atoms with van der Waals surface area (Å²) in [5, 5.41) is 7.72. The highest BCUT2D eigenvalue weighted by Gasteiger charge is 1.96. The van der Waals surface area contributed by atoms with Crippen LogP contribution in [0.15, 0.2) is 12.4 Å². The van der Waals surface area contributed by atoms with Crippen LogP contribution >= 0.6 is 11.8 Å². The van der Waals surface area contributed by atoms with Crippen LogP contribution in [-0.2, 0) is 13.1 Å². The van der Waals surface area contributed by atoms with Crippen molar-refractivity contribution in [1.82, 2.24) is 15.1 Å². The minimum Gasteiger partial charge on any atom is -0.313 e. The summed E-state index contributed by atoms with van der Waals surface area (Å²) < 4.78 is 2.01. The molecule has 1 heterocycles. The van der Waals surface area contributed by atoms with Crippen LogP contribution in [0.1, 0.15) is 25.3 Å². The van der Waals surface area contributed by atoms with E-state index in [1.807, 2.05) is 22.6 Å². The van der Waals surface area contributed by atoms with Gasteiger partial charge in [-0.1, -0.05) is 6.92 Å². The zero-order chi connectivity index (χ0) is 10.9. The van der Waals surface area contributed by atoms with Crippen molar-refractivity contribution in [2.45, 2.75) is 32.9 Å². The summed E-state index contributed by atoms with van der Waals surface area (Å²) in [6, 6.07) is 0. The van der Waals surface area contributed by atoms with E-state index in [1.165, 1.54) is 17.7 Å². The van der Waals surface area contributed by atoms with Crippen LogP contribution in [0.25, 0.3) is 0 Å². The Labute approximate surface area is 96.6 Å². The van der Waals surface area contributed by atoms with Gasteiger partial charge in [0, 0.05) is 24.8 Å². The number of nitrogens with one attached hydrogen (secondary N) is 1. The Morgan fingerprint density at radius 2 is 2.40 bits per heavy atom. The molecule has 0 aliphatic carbocycles. The molecular weight excluding hydrogens is 206 g/mol. The van der Waals surface area contributed by atoms with Gasteiger partial charge in [-0.05, 0) is 31.4 Å². The van der Waals surface area contributed by atoms with Gasteiger partial charge in [-0.25, -0.2) is 0 Å². The molecule has 86 valence electrons. The molecule has 0 aromatic carbocycles. The smallest absolute Gasteiger partial charge is 0.0534 e. The van der Waals surface area contributed by atoms with Gasteiger partial charge in [0.2, 0.25) is 0 Å². The first-order valence-electron chi connectivity index (χ1n) is 5.57. The Morgan fingerprint density at radius 1 is 1.53 bits per heavy atom. The highest BCUT2D eigenvalue weighted by Crippen LogP contribution is 1.99. The summed E-state index contributed by atoms with van der Waals surface area (Å²) in [5.74, 6) is 1.24. The van der Waals surface area contributed by atoms with Crippen LogP contribution in [-0.4, -0.2) is 28.3 Å². The first-order chi connectivity index (χ1) is 7.36. The maximum absolute atomic E-state index is 4.29. The van der Waals surface area contributed by atoms with Crippen LogP contribution in [0.4, 0.5) is 0 Å². The van der Waals surface area contributed by atoms with E-state index in [2.05, 4.69) is 29.8 Å². The van der Waals surface area contributed by atoms with Crippen molar-refractivity contribution in [2.75, 3.05) is 18.6 Å². The molecule has 0 radical (unpaired) electrons. The average Bonchev–Trinajstić information content (AvgIpc) is 2.66. The molecule has 0 spiro atoms. The first kappa shape index (κ1) is 12.6. The maximum atomic E-state index is 4.29. The largest absolute Gasteiger partial charge is 0.313 e. The Kier molecular flexibility index (Phi) is 6.52. The summed E-state index contributed by atoms with van der Waals surface area (Å²) in [7, 11) is 0. The van der Waals surface area contributed by atoms with Crippen LogP contribution in [0, 0.1) is 0 Å². The Balaban J connectivity index is 2.14. The van der Waals surface area contributed by atoms with E-state index in [-0.39, 0.29) is 0 Å². The highest BCUT2D eigenvalue weighted by molar-refractivity contribution is 7.98. The van der Waals surface area contributed by atoms with Gasteiger partial charge in [-0.2, -0.15) is 16.9 Å². The minimum absolute atomic E-state index is 0.943. The molecule has 1 N–H and O–H groups in total. The molecule has 0 bridgehead atoms. The number of aryl methyl sites for hydroxylation is 1. The maximum Gasteiger partial charge on any atom is 0.0534 e. The standard InChI is InChI=1S/C11H21N3S/c1-3-6-14-10-11(9-13-14)8-12-5-4-7-15-2/h9-10,12H,3-8H2,1-2H3. The second-order valence-electron chi connectivity index (χ2n) is 3.63. The number of aromatic nitrogens is 2. The summed E-state index contributed by atoms with van der Waals surface area (Å²) in [4.78, 5) is 0. The second kappa shape index (κ2) is 7.77. The number of hydrogen-bond acceptors (Lipinski definition) is 3. The van der Waals surface area contributed by atoms with E-state index in [4.69, 9.17) is 0 Å². The molecule has 0 amide bonds. The topological polar surface area (TPSA) is 29.9 Å². The molecule has 15 heavy (non-hydrogen) atoms. The lowest BCUT2D eigenvalue weighted by Crippen LogP contribution is -2.14. The Hall–Kier alpha value is -0.480. The first-order valence-corrected chi connectivity index (χ1v) is 6.97. The third-order valence-electron chi connectivity index (χ3n) is 2.17. The van der Waals surface area contributed by atoms with E-state index >= 15 is 0 Å². The molecule has 4 heteroatoms. The van der Waals surface area contributed by atoms with E-state index in [0.717, 1.165) is 26.1 Å². The highest BCUT2D eigenvalue weighted by atomic mass is 32.2. The number of nitrogens with zero attached hydrogens (tertiary/aromatic N) is 2. The van der Waals surface area contributed by atoms with Gasteiger partial charge in [-0.15, -0.1) is 0 Å². The average molecular weight is 227 g/mol. The lowest BCUT2D eigenvalue weighted by molar-refractivity contribution is 0.601. The van der Waals surface area contributed by atoms with Crippen molar-refractivity contribution < 1.29 is 0 Å². The van der Waals surface area contributed by atoms with Crippen molar-refractivity contribution >= 4 is 11.8 Å². The van der Waals surface area contributed by atoms with Gasteiger partial charge in [-0.3, -0.25) is 4.68 Å². The van der Waals surface area contributed by atoms with Crippen LogP contribution in [0.2, 0.25) is 0 Å². The van der Waals surface area contributed by atoms with Crippen LogP contribution in [0.3, 0.4) is 0 Å². The fourth-order valence-electron chi connectivity index (χ4n) is 1.42. The van der Waals surface area contributed by atoms with Crippen molar-refractivity contribution in [1.29, 1.82) is 0 Å². The fourth-order valence-corrected chi connectivity index (χ4v) is 1.86. The molecule has 0 aliphatic rings. The quantitative estimate of drug-likeness (QED) is 0.690. The number of thioether (sulfide) groups is 1. The third-order valence-corrected chi connectivity index (χ3v) is 2.87. The Bertz CT molecular complexity index is 260. The van der Waals surface area contributed by atoms with Crippen molar-refractivity contribution in [3.05, 3.63) is 18.0 Å². The van der Waals surface area contributed by atoms with Crippen LogP contribution < -0.4 is 5.32 Å². The van der Waals surface area contributed by atoms with Gasteiger partial charge < -0.3 is 5.32 Å². The predicted molar refractivity (Wildman–Crippen MR) is 67.2 cm³/mol. The van der Waals surface area contributed by atoms with E-state index in [0.29, 0.717) is 0 Å². The predicted octanol–water partition coefficient (Wildman–Crippen LogP) is 2.14. The summed E-state index contributed by atoms with van der Waals surface area (Å²) >= 11 is 1.90. The van der Waals surface area contributed by atoms with E-state index < -0.39 is 0 Å². The molecule has 0 aliphatic heterocycles. The summed E-state index contributed by atoms with van der Waals surface area (Å²) in [5.41, 5.74) is 1.28. The lowest BCUT2D eigenvalue weighted by atomic mass is 10.3. The Morgan fingerprint density at radius 3 is 3.13 bits per heavy atom. The molecule has 0 fully saturated rings. The number of hydrogen-bond donors (Lipinski definition) is 1. The van der Waals surface area contributed by atoms with Crippen LogP contribution in [0.5, 0.6) is 0 Å². The SMILES string of the molecule is CCCn1cc(CNCCCSC)cn1. The molecule has 0 unspecified atom stereocenters. The van der Waals surface area contributed by atoms with Crippen molar-refractivity contribution in [3.8, 4) is 0 Å².